The Bertz CT molecular complexity index is 746. The molecule has 2 aliphatic heterocycles. The Kier molecular flexibility index (Phi) is 6.93. The molecule has 0 radical (unpaired) electrons. The number of piperidine rings is 1. The number of carbonyl (C=O) groups is 2. The zero-order valence-electron chi connectivity index (χ0n) is 18.2. The van der Waals surface area contributed by atoms with Gasteiger partial charge < -0.3 is 15.5 Å². The van der Waals surface area contributed by atoms with Crippen LogP contribution in [0.1, 0.15) is 76.3 Å². The van der Waals surface area contributed by atoms with Gasteiger partial charge in [0.1, 0.15) is 0 Å². The average molecular weight is 413 g/mol. The number of amides is 3. The molecular formula is C24H36N4O2. The molecule has 4 rings (SSSR count). The molecule has 2 unspecified atom stereocenters. The number of nitrogens with zero attached hydrogens (tertiary/aromatic N) is 2. The lowest BCUT2D eigenvalue weighted by Crippen LogP contribution is -2.53. The number of anilines is 1. The summed E-state index contributed by atoms with van der Waals surface area (Å²) in [5, 5.41) is 6.30. The minimum Gasteiger partial charge on any atom is -0.334 e. The SMILES string of the molecule is CC(NC(=O)NC1CCCN(C2CCCCC2)C1)c1cccc(N2CCCC2=O)c1. The van der Waals surface area contributed by atoms with Gasteiger partial charge in [0.15, 0.2) is 0 Å². The van der Waals surface area contributed by atoms with Crippen molar-refractivity contribution < 1.29 is 9.59 Å². The van der Waals surface area contributed by atoms with Gasteiger partial charge in [0.2, 0.25) is 5.91 Å². The van der Waals surface area contributed by atoms with Crippen LogP contribution in [-0.2, 0) is 4.79 Å². The highest BCUT2D eigenvalue weighted by Crippen LogP contribution is 2.26. The van der Waals surface area contributed by atoms with Gasteiger partial charge in [0, 0.05) is 37.3 Å². The Morgan fingerprint density at radius 1 is 1.07 bits per heavy atom. The Labute approximate surface area is 180 Å². The van der Waals surface area contributed by atoms with Gasteiger partial charge in [-0.1, -0.05) is 31.4 Å². The van der Waals surface area contributed by atoms with Crippen molar-refractivity contribution in [2.75, 3.05) is 24.5 Å². The average Bonchev–Trinajstić information content (AvgIpc) is 3.20. The second kappa shape index (κ2) is 9.82. The predicted octanol–water partition coefficient (Wildman–Crippen LogP) is 3.97. The molecule has 1 aromatic carbocycles. The van der Waals surface area contributed by atoms with Crippen molar-refractivity contribution in [1.82, 2.24) is 15.5 Å². The Morgan fingerprint density at radius 2 is 1.90 bits per heavy atom. The molecule has 1 aliphatic carbocycles. The smallest absolute Gasteiger partial charge is 0.315 e. The lowest BCUT2D eigenvalue weighted by molar-refractivity contribution is -0.117. The molecule has 1 saturated carbocycles. The molecular weight excluding hydrogens is 376 g/mol. The lowest BCUT2D eigenvalue weighted by Gasteiger charge is -2.40. The monoisotopic (exact) mass is 412 g/mol. The van der Waals surface area contributed by atoms with Crippen LogP contribution in [0, 0.1) is 0 Å². The van der Waals surface area contributed by atoms with Crippen molar-refractivity contribution in [3.8, 4) is 0 Å². The molecule has 164 valence electrons. The van der Waals surface area contributed by atoms with E-state index in [0.717, 1.165) is 43.6 Å². The first-order valence-corrected chi connectivity index (χ1v) is 11.8. The minimum atomic E-state index is -0.110. The second-order valence-corrected chi connectivity index (χ2v) is 9.21. The first-order valence-electron chi connectivity index (χ1n) is 11.8. The molecule has 2 N–H and O–H groups in total. The van der Waals surface area contributed by atoms with E-state index in [1.54, 1.807) is 0 Å². The number of nitrogens with one attached hydrogen (secondary N) is 2. The molecule has 6 nitrogen and oxygen atoms in total. The van der Waals surface area contributed by atoms with E-state index in [0.29, 0.717) is 12.5 Å². The third kappa shape index (κ3) is 5.15. The zero-order chi connectivity index (χ0) is 20.9. The van der Waals surface area contributed by atoms with Gasteiger partial charge in [-0.05, 0) is 63.3 Å². The third-order valence-electron chi connectivity index (χ3n) is 6.98. The minimum absolute atomic E-state index is 0.0966. The van der Waals surface area contributed by atoms with Crippen molar-refractivity contribution in [2.45, 2.75) is 82.8 Å². The van der Waals surface area contributed by atoms with Crippen LogP contribution in [0.2, 0.25) is 0 Å². The predicted molar refractivity (Wildman–Crippen MR) is 120 cm³/mol. The summed E-state index contributed by atoms with van der Waals surface area (Å²) in [6.07, 6.45) is 10.4. The summed E-state index contributed by atoms with van der Waals surface area (Å²) >= 11 is 0. The maximum Gasteiger partial charge on any atom is 0.315 e. The van der Waals surface area contributed by atoms with E-state index in [1.807, 2.05) is 36.1 Å². The largest absolute Gasteiger partial charge is 0.334 e. The molecule has 0 aromatic heterocycles. The Hall–Kier alpha value is -2.08. The van der Waals surface area contributed by atoms with Gasteiger partial charge in [-0.15, -0.1) is 0 Å². The van der Waals surface area contributed by atoms with Crippen LogP contribution >= 0.6 is 0 Å². The van der Waals surface area contributed by atoms with Crippen LogP contribution < -0.4 is 15.5 Å². The second-order valence-electron chi connectivity index (χ2n) is 9.21. The van der Waals surface area contributed by atoms with Crippen molar-refractivity contribution >= 4 is 17.6 Å². The standard InChI is InChI=1S/C24H36N4O2/c1-18(19-8-5-12-22(16-19)28-15-7-13-23(28)29)25-24(30)26-20-9-6-14-27(17-20)21-10-3-2-4-11-21/h5,8,12,16,18,20-21H,2-4,6-7,9-11,13-15,17H2,1H3,(H2,25,26,30). The van der Waals surface area contributed by atoms with E-state index in [1.165, 1.54) is 38.6 Å². The molecule has 0 bridgehead atoms. The first kappa shape index (κ1) is 21.2. The highest BCUT2D eigenvalue weighted by molar-refractivity contribution is 5.95. The summed E-state index contributed by atoms with van der Waals surface area (Å²) in [5.74, 6) is 0.185. The van der Waals surface area contributed by atoms with E-state index in [-0.39, 0.29) is 24.0 Å². The molecule has 30 heavy (non-hydrogen) atoms. The number of urea groups is 1. The molecule has 2 saturated heterocycles. The summed E-state index contributed by atoms with van der Waals surface area (Å²) < 4.78 is 0. The van der Waals surface area contributed by atoms with Gasteiger partial charge in [-0.3, -0.25) is 9.69 Å². The fourth-order valence-electron chi connectivity index (χ4n) is 5.29. The van der Waals surface area contributed by atoms with Gasteiger partial charge in [0.25, 0.3) is 0 Å². The van der Waals surface area contributed by atoms with Crippen LogP contribution in [0.3, 0.4) is 0 Å². The van der Waals surface area contributed by atoms with Gasteiger partial charge in [-0.25, -0.2) is 4.79 Å². The van der Waals surface area contributed by atoms with Crippen LogP contribution in [0.15, 0.2) is 24.3 Å². The molecule has 3 aliphatic rings. The lowest BCUT2D eigenvalue weighted by atomic mass is 9.92. The maximum atomic E-state index is 12.7. The molecule has 3 amide bonds. The van der Waals surface area contributed by atoms with Crippen LogP contribution in [0.5, 0.6) is 0 Å². The molecule has 2 heterocycles. The summed E-state index contributed by atoms with van der Waals surface area (Å²) in [6.45, 7) is 4.92. The van der Waals surface area contributed by atoms with Crippen molar-refractivity contribution in [3.63, 3.8) is 0 Å². The number of carbonyl (C=O) groups excluding carboxylic acids is 2. The van der Waals surface area contributed by atoms with Gasteiger partial charge in [-0.2, -0.15) is 0 Å². The third-order valence-corrected chi connectivity index (χ3v) is 6.98. The molecule has 0 spiro atoms. The normalized spacial score (nSPS) is 24.6. The summed E-state index contributed by atoms with van der Waals surface area (Å²) in [6, 6.07) is 8.71. The quantitative estimate of drug-likeness (QED) is 0.769. The summed E-state index contributed by atoms with van der Waals surface area (Å²) in [4.78, 5) is 29.2. The Balaban J connectivity index is 1.30. The topological polar surface area (TPSA) is 64.7 Å². The van der Waals surface area contributed by atoms with E-state index < -0.39 is 0 Å². The van der Waals surface area contributed by atoms with Gasteiger partial charge in [0.05, 0.1) is 6.04 Å². The summed E-state index contributed by atoms with van der Waals surface area (Å²) in [5.41, 5.74) is 1.95. The van der Waals surface area contributed by atoms with E-state index >= 15 is 0 Å². The first-order chi connectivity index (χ1) is 14.6. The fraction of sp³-hybridized carbons (Fsp3) is 0.667. The number of benzene rings is 1. The van der Waals surface area contributed by atoms with Crippen LogP contribution in [-0.4, -0.2) is 48.6 Å². The van der Waals surface area contributed by atoms with Crippen molar-refractivity contribution in [1.29, 1.82) is 0 Å². The van der Waals surface area contributed by atoms with Crippen molar-refractivity contribution in [3.05, 3.63) is 29.8 Å². The van der Waals surface area contributed by atoms with E-state index in [4.69, 9.17) is 0 Å². The van der Waals surface area contributed by atoms with E-state index in [2.05, 4.69) is 15.5 Å². The highest BCUT2D eigenvalue weighted by Gasteiger charge is 2.28. The van der Waals surface area contributed by atoms with Gasteiger partial charge >= 0.3 is 6.03 Å². The molecule has 6 heteroatoms. The highest BCUT2D eigenvalue weighted by atomic mass is 16.2. The van der Waals surface area contributed by atoms with Crippen LogP contribution in [0.4, 0.5) is 10.5 Å². The molecule has 1 aromatic rings. The number of hydrogen-bond donors (Lipinski definition) is 2. The maximum absolute atomic E-state index is 12.7. The summed E-state index contributed by atoms with van der Waals surface area (Å²) in [7, 11) is 0. The zero-order valence-corrected chi connectivity index (χ0v) is 18.2. The molecule has 3 fully saturated rings. The van der Waals surface area contributed by atoms with Crippen molar-refractivity contribution in [2.24, 2.45) is 0 Å². The number of rotatable bonds is 5. The van der Waals surface area contributed by atoms with E-state index in [9.17, 15) is 9.59 Å². The van der Waals surface area contributed by atoms with Crippen LogP contribution in [0.25, 0.3) is 0 Å². The number of hydrogen-bond acceptors (Lipinski definition) is 3. The Morgan fingerprint density at radius 3 is 2.67 bits per heavy atom. The fourth-order valence-corrected chi connectivity index (χ4v) is 5.29. The number of likely N-dealkylation sites (tertiary alicyclic amines) is 1. The molecule has 2 atom stereocenters.